The smallest absolute Gasteiger partial charge is 0.256 e. The van der Waals surface area contributed by atoms with Gasteiger partial charge in [0.1, 0.15) is 6.54 Å². The Morgan fingerprint density at radius 1 is 1.06 bits per heavy atom. The average molecular weight is 533 g/mol. The number of anilines is 1. The molecule has 0 radical (unpaired) electrons. The highest BCUT2D eigenvalue weighted by Crippen LogP contribution is 2.23. The molecule has 0 saturated heterocycles. The van der Waals surface area contributed by atoms with Gasteiger partial charge in [-0.15, -0.1) is 11.3 Å². The molecule has 2 aromatic carbocycles. The second-order valence-corrected chi connectivity index (χ2v) is 9.81. The van der Waals surface area contributed by atoms with E-state index in [2.05, 4.69) is 15.6 Å². The number of hydrogen-bond donors (Lipinski definition) is 2. The second kappa shape index (κ2) is 12.7. The van der Waals surface area contributed by atoms with Crippen LogP contribution in [-0.4, -0.2) is 46.7 Å². The van der Waals surface area contributed by atoms with Crippen molar-refractivity contribution in [2.24, 2.45) is 0 Å². The summed E-state index contributed by atoms with van der Waals surface area (Å²) in [5, 5.41) is 8.32. The van der Waals surface area contributed by atoms with E-state index in [0.717, 1.165) is 12.0 Å². The van der Waals surface area contributed by atoms with Crippen LogP contribution in [0.1, 0.15) is 35.5 Å². The molecule has 10 heteroatoms. The van der Waals surface area contributed by atoms with Gasteiger partial charge in [0.15, 0.2) is 5.13 Å². The molecule has 3 amide bonds. The van der Waals surface area contributed by atoms with Gasteiger partial charge in [0.2, 0.25) is 11.8 Å². The fourth-order valence-corrected chi connectivity index (χ4v) is 4.50. The lowest BCUT2D eigenvalue weighted by molar-refractivity contribution is -0.120. The number of hydrogen-bond acceptors (Lipinski definition) is 5. The predicted molar refractivity (Wildman–Crippen MR) is 140 cm³/mol. The zero-order chi connectivity index (χ0) is 25.4. The normalized spacial score (nSPS) is 10.8. The predicted octanol–water partition coefficient (Wildman–Crippen LogP) is 4.84. The molecule has 0 atom stereocenters. The van der Waals surface area contributed by atoms with Gasteiger partial charge in [-0.05, 0) is 44.0 Å². The minimum atomic E-state index is -0.398. The number of thiazole rings is 1. The number of halogens is 2. The Balaban J connectivity index is 1.51. The van der Waals surface area contributed by atoms with E-state index in [1.165, 1.54) is 28.4 Å². The quantitative estimate of drug-likeness (QED) is 0.390. The zero-order valence-corrected chi connectivity index (χ0v) is 21.7. The lowest BCUT2D eigenvalue weighted by Crippen LogP contribution is -2.42. The molecule has 1 aromatic heterocycles. The Labute approximate surface area is 218 Å². The summed E-state index contributed by atoms with van der Waals surface area (Å²) in [6, 6.07) is 14.3. The largest absolute Gasteiger partial charge is 0.355 e. The molecule has 0 bridgehead atoms. The first-order valence-corrected chi connectivity index (χ1v) is 12.7. The molecule has 35 heavy (non-hydrogen) atoms. The molecule has 7 nitrogen and oxygen atoms in total. The third-order valence-corrected chi connectivity index (χ3v) is 6.43. The Bertz CT molecular complexity index is 1180. The molecule has 0 unspecified atom stereocenters. The standard InChI is InChI=1S/C25H26Cl2N4O3S/c1-16(2)31(24(34)20-9-8-18(26)12-21(20)27)14-23(33)30-25-29-19(15-35-25)13-22(32)28-11-10-17-6-4-3-5-7-17/h3-9,12,15-16H,10-11,13-14H2,1-2H3,(H,28,32)(H,29,30,33). The van der Waals surface area contributed by atoms with Crippen LogP contribution in [0.5, 0.6) is 0 Å². The number of carbonyl (C=O) groups is 3. The number of aromatic nitrogens is 1. The Hall–Kier alpha value is -2.94. The van der Waals surface area contributed by atoms with Gasteiger partial charge < -0.3 is 15.5 Å². The molecule has 0 fully saturated rings. The minimum absolute atomic E-state index is 0.118. The average Bonchev–Trinajstić information content (AvgIpc) is 3.24. The van der Waals surface area contributed by atoms with Crippen molar-refractivity contribution in [1.82, 2.24) is 15.2 Å². The molecule has 0 aliphatic carbocycles. The third kappa shape index (κ3) is 8.06. The van der Waals surface area contributed by atoms with Crippen LogP contribution in [0.15, 0.2) is 53.9 Å². The first-order valence-electron chi connectivity index (χ1n) is 11.0. The van der Waals surface area contributed by atoms with Crippen LogP contribution in [0.3, 0.4) is 0 Å². The summed E-state index contributed by atoms with van der Waals surface area (Å²) >= 11 is 13.3. The molecule has 3 rings (SSSR count). The molecular formula is C25H26Cl2N4O3S. The van der Waals surface area contributed by atoms with Crippen molar-refractivity contribution >= 4 is 57.4 Å². The van der Waals surface area contributed by atoms with Crippen molar-refractivity contribution in [2.75, 3.05) is 18.4 Å². The fraction of sp³-hybridized carbons (Fsp3) is 0.280. The summed E-state index contributed by atoms with van der Waals surface area (Å²) in [4.78, 5) is 43.6. The van der Waals surface area contributed by atoms with E-state index in [1.807, 2.05) is 44.2 Å². The molecule has 0 saturated carbocycles. The van der Waals surface area contributed by atoms with E-state index in [9.17, 15) is 14.4 Å². The van der Waals surface area contributed by atoms with Crippen molar-refractivity contribution < 1.29 is 14.4 Å². The SMILES string of the molecule is CC(C)N(CC(=O)Nc1nc(CC(=O)NCCc2ccccc2)cs1)C(=O)c1ccc(Cl)cc1Cl. The van der Waals surface area contributed by atoms with Gasteiger partial charge in [-0.1, -0.05) is 53.5 Å². The lowest BCUT2D eigenvalue weighted by atomic mass is 10.1. The van der Waals surface area contributed by atoms with Crippen molar-refractivity contribution in [3.05, 3.63) is 80.8 Å². The van der Waals surface area contributed by atoms with E-state index >= 15 is 0 Å². The maximum atomic E-state index is 13.0. The Morgan fingerprint density at radius 2 is 1.80 bits per heavy atom. The minimum Gasteiger partial charge on any atom is -0.355 e. The molecular weight excluding hydrogens is 507 g/mol. The molecule has 2 N–H and O–H groups in total. The number of nitrogens with one attached hydrogen (secondary N) is 2. The van der Waals surface area contributed by atoms with Crippen molar-refractivity contribution in [3.8, 4) is 0 Å². The summed E-state index contributed by atoms with van der Waals surface area (Å²) < 4.78 is 0. The van der Waals surface area contributed by atoms with Gasteiger partial charge in [0.05, 0.1) is 22.7 Å². The number of carbonyl (C=O) groups excluding carboxylic acids is 3. The van der Waals surface area contributed by atoms with Gasteiger partial charge in [0.25, 0.3) is 5.91 Å². The monoisotopic (exact) mass is 532 g/mol. The summed E-state index contributed by atoms with van der Waals surface area (Å²) in [6.45, 7) is 3.98. The number of amides is 3. The maximum Gasteiger partial charge on any atom is 0.256 e. The van der Waals surface area contributed by atoms with E-state index in [1.54, 1.807) is 11.4 Å². The zero-order valence-electron chi connectivity index (χ0n) is 19.4. The Morgan fingerprint density at radius 3 is 2.49 bits per heavy atom. The van der Waals surface area contributed by atoms with Gasteiger partial charge in [-0.2, -0.15) is 0 Å². The first kappa shape index (κ1) is 26.7. The molecule has 0 spiro atoms. The van der Waals surface area contributed by atoms with Crippen LogP contribution < -0.4 is 10.6 Å². The summed E-state index contributed by atoms with van der Waals surface area (Å²) in [5.74, 6) is -0.908. The number of rotatable bonds is 10. The van der Waals surface area contributed by atoms with Crippen LogP contribution in [0.25, 0.3) is 0 Å². The fourth-order valence-electron chi connectivity index (χ4n) is 3.28. The summed E-state index contributed by atoms with van der Waals surface area (Å²) in [5.41, 5.74) is 1.98. The highest BCUT2D eigenvalue weighted by atomic mass is 35.5. The van der Waals surface area contributed by atoms with Crippen LogP contribution in [0.4, 0.5) is 5.13 Å². The van der Waals surface area contributed by atoms with E-state index < -0.39 is 5.91 Å². The maximum absolute atomic E-state index is 13.0. The third-order valence-electron chi connectivity index (χ3n) is 5.08. The topological polar surface area (TPSA) is 91.4 Å². The van der Waals surface area contributed by atoms with Crippen molar-refractivity contribution in [1.29, 1.82) is 0 Å². The summed E-state index contributed by atoms with van der Waals surface area (Å²) in [7, 11) is 0. The van der Waals surface area contributed by atoms with Crippen LogP contribution in [0, 0.1) is 0 Å². The molecule has 184 valence electrons. The first-order chi connectivity index (χ1) is 16.7. The van der Waals surface area contributed by atoms with Crippen molar-refractivity contribution in [3.63, 3.8) is 0 Å². The number of nitrogens with zero attached hydrogens (tertiary/aromatic N) is 2. The van der Waals surface area contributed by atoms with Gasteiger partial charge >= 0.3 is 0 Å². The van der Waals surface area contributed by atoms with Gasteiger partial charge in [0, 0.05) is 23.0 Å². The van der Waals surface area contributed by atoms with Crippen molar-refractivity contribution in [2.45, 2.75) is 32.7 Å². The van der Waals surface area contributed by atoms with E-state index in [4.69, 9.17) is 23.2 Å². The lowest BCUT2D eigenvalue weighted by Gasteiger charge is -2.26. The van der Waals surface area contributed by atoms with E-state index in [-0.39, 0.29) is 41.4 Å². The van der Waals surface area contributed by atoms with Crippen LogP contribution in [-0.2, 0) is 22.4 Å². The molecule has 3 aromatic rings. The molecule has 1 heterocycles. The highest BCUT2D eigenvalue weighted by molar-refractivity contribution is 7.13. The number of benzene rings is 2. The Kier molecular flexibility index (Phi) is 9.65. The van der Waals surface area contributed by atoms with Crippen LogP contribution >= 0.6 is 34.5 Å². The van der Waals surface area contributed by atoms with Gasteiger partial charge in [-0.25, -0.2) is 4.98 Å². The molecule has 0 aliphatic heterocycles. The highest BCUT2D eigenvalue weighted by Gasteiger charge is 2.24. The van der Waals surface area contributed by atoms with Crippen LogP contribution in [0.2, 0.25) is 10.0 Å². The second-order valence-electron chi connectivity index (χ2n) is 8.11. The summed E-state index contributed by atoms with van der Waals surface area (Å²) in [6.07, 6.45) is 0.865. The van der Waals surface area contributed by atoms with Gasteiger partial charge in [-0.3, -0.25) is 14.4 Å². The molecule has 0 aliphatic rings. The van der Waals surface area contributed by atoms with E-state index in [0.29, 0.717) is 22.4 Å².